The number of amides is 1. The Morgan fingerprint density at radius 1 is 1.12 bits per heavy atom. The highest BCUT2D eigenvalue weighted by atomic mass is 16.2. The zero-order valence-corrected chi connectivity index (χ0v) is 11.0. The number of hydrogen-bond acceptors (Lipinski definition) is 2. The van der Waals surface area contributed by atoms with Gasteiger partial charge in [0, 0.05) is 6.04 Å². The van der Waals surface area contributed by atoms with E-state index < -0.39 is 0 Å². The molecule has 2 atom stereocenters. The molecule has 1 amide bonds. The molecule has 2 aliphatic rings. The van der Waals surface area contributed by atoms with Gasteiger partial charge in [-0.2, -0.15) is 0 Å². The molecule has 1 saturated carbocycles. The summed E-state index contributed by atoms with van der Waals surface area (Å²) in [4.78, 5) is 12.0. The van der Waals surface area contributed by atoms with Gasteiger partial charge in [0.1, 0.15) is 0 Å². The molecule has 2 fully saturated rings. The van der Waals surface area contributed by atoms with Crippen molar-refractivity contribution >= 4 is 5.91 Å². The minimum Gasteiger partial charge on any atom is -0.352 e. The van der Waals surface area contributed by atoms with E-state index in [1.54, 1.807) is 0 Å². The van der Waals surface area contributed by atoms with Crippen LogP contribution in [-0.2, 0) is 4.79 Å². The molecule has 0 aromatic carbocycles. The maximum Gasteiger partial charge on any atom is 0.237 e. The van der Waals surface area contributed by atoms with Gasteiger partial charge in [-0.15, -0.1) is 0 Å². The molecule has 0 spiro atoms. The highest BCUT2D eigenvalue weighted by molar-refractivity contribution is 5.82. The third kappa shape index (κ3) is 3.70. The van der Waals surface area contributed by atoms with Crippen LogP contribution in [0.1, 0.15) is 58.3 Å². The van der Waals surface area contributed by atoms with Gasteiger partial charge in [-0.25, -0.2) is 0 Å². The fourth-order valence-corrected chi connectivity index (χ4v) is 3.16. The highest BCUT2D eigenvalue weighted by Crippen LogP contribution is 2.25. The third-order valence-corrected chi connectivity index (χ3v) is 4.35. The van der Waals surface area contributed by atoms with E-state index in [2.05, 4.69) is 17.6 Å². The minimum absolute atomic E-state index is 0.0724. The quantitative estimate of drug-likeness (QED) is 0.740. The van der Waals surface area contributed by atoms with Crippen molar-refractivity contribution in [3.05, 3.63) is 0 Å². The summed E-state index contributed by atoms with van der Waals surface area (Å²) in [5.74, 6) is 0.919. The van der Waals surface area contributed by atoms with E-state index in [1.807, 2.05) is 0 Å². The van der Waals surface area contributed by atoms with Crippen LogP contribution in [0.25, 0.3) is 0 Å². The van der Waals surface area contributed by atoms with E-state index >= 15 is 0 Å². The molecule has 3 heteroatoms. The Morgan fingerprint density at radius 3 is 2.41 bits per heavy atom. The van der Waals surface area contributed by atoms with Crippen molar-refractivity contribution in [1.29, 1.82) is 0 Å². The summed E-state index contributed by atoms with van der Waals surface area (Å²) in [6, 6.07) is 0.422. The third-order valence-electron chi connectivity index (χ3n) is 4.35. The summed E-state index contributed by atoms with van der Waals surface area (Å²) in [6.07, 6.45) is 10.2. The van der Waals surface area contributed by atoms with E-state index in [0.29, 0.717) is 12.0 Å². The van der Waals surface area contributed by atoms with E-state index in [0.717, 1.165) is 19.4 Å². The number of hydrogen-bond donors (Lipinski definition) is 2. The fraction of sp³-hybridized carbons (Fsp3) is 0.929. The molecule has 98 valence electrons. The Kier molecular flexibility index (Phi) is 4.84. The van der Waals surface area contributed by atoms with Crippen molar-refractivity contribution in [3.63, 3.8) is 0 Å². The van der Waals surface area contributed by atoms with Gasteiger partial charge in [0.15, 0.2) is 0 Å². The molecule has 0 aromatic rings. The first kappa shape index (κ1) is 12.9. The monoisotopic (exact) mass is 238 g/mol. The van der Waals surface area contributed by atoms with Crippen LogP contribution in [0.4, 0.5) is 0 Å². The van der Waals surface area contributed by atoms with Gasteiger partial charge in [0.2, 0.25) is 5.91 Å². The molecule has 3 nitrogen and oxygen atoms in total. The smallest absolute Gasteiger partial charge is 0.237 e. The Morgan fingerprint density at radius 2 is 1.82 bits per heavy atom. The van der Waals surface area contributed by atoms with Crippen LogP contribution in [-0.4, -0.2) is 24.5 Å². The number of rotatable bonds is 3. The summed E-state index contributed by atoms with van der Waals surface area (Å²) in [6.45, 7) is 3.18. The van der Waals surface area contributed by atoms with Crippen molar-refractivity contribution in [2.24, 2.45) is 5.92 Å². The summed E-state index contributed by atoms with van der Waals surface area (Å²) >= 11 is 0. The molecular formula is C14H26N2O. The lowest BCUT2D eigenvalue weighted by Gasteiger charge is -2.25. The van der Waals surface area contributed by atoms with E-state index in [9.17, 15) is 4.79 Å². The number of carbonyl (C=O) groups excluding carboxylic acids is 1. The Bertz CT molecular complexity index is 241. The summed E-state index contributed by atoms with van der Waals surface area (Å²) < 4.78 is 0. The SMILES string of the molecule is C[C@@H](NC(=O)[C@H]1CCCN1)C1CCCCCC1. The van der Waals surface area contributed by atoms with Crippen molar-refractivity contribution in [1.82, 2.24) is 10.6 Å². The van der Waals surface area contributed by atoms with Crippen LogP contribution in [0.5, 0.6) is 0 Å². The van der Waals surface area contributed by atoms with Gasteiger partial charge in [-0.05, 0) is 45.1 Å². The summed E-state index contributed by atoms with van der Waals surface area (Å²) in [5.41, 5.74) is 0. The van der Waals surface area contributed by atoms with Crippen molar-refractivity contribution in [2.75, 3.05) is 6.54 Å². The fourth-order valence-electron chi connectivity index (χ4n) is 3.16. The van der Waals surface area contributed by atoms with Crippen LogP contribution in [0.15, 0.2) is 0 Å². The second-order valence-corrected chi connectivity index (χ2v) is 5.70. The lowest BCUT2D eigenvalue weighted by molar-refractivity contribution is -0.123. The van der Waals surface area contributed by atoms with E-state index in [-0.39, 0.29) is 11.9 Å². The van der Waals surface area contributed by atoms with Crippen LogP contribution in [0.3, 0.4) is 0 Å². The van der Waals surface area contributed by atoms with Crippen molar-refractivity contribution < 1.29 is 4.79 Å². The molecule has 0 unspecified atom stereocenters. The zero-order valence-electron chi connectivity index (χ0n) is 11.0. The van der Waals surface area contributed by atoms with Crippen LogP contribution in [0.2, 0.25) is 0 Å². The van der Waals surface area contributed by atoms with Gasteiger partial charge in [0.05, 0.1) is 6.04 Å². The van der Waals surface area contributed by atoms with Gasteiger partial charge < -0.3 is 10.6 Å². The Labute approximate surface area is 105 Å². The predicted octanol–water partition coefficient (Wildman–Crippen LogP) is 2.21. The van der Waals surface area contributed by atoms with Crippen LogP contribution in [0, 0.1) is 5.92 Å². The predicted molar refractivity (Wildman–Crippen MR) is 69.8 cm³/mol. The second-order valence-electron chi connectivity index (χ2n) is 5.70. The maximum absolute atomic E-state index is 12.0. The molecular weight excluding hydrogens is 212 g/mol. The summed E-state index contributed by atoms with van der Waals surface area (Å²) in [7, 11) is 0. The number of carbonyl (C=O) groups is 1. The standard InChI is InChI=1S/C14H26N2O/c1-11(12-7-4-2-3-5-8-12)16-14(17)13-9-6-10-15-13/h11-13,15H,2-10H2,1H3,(H,16,17)/t11-,13-/m1/s1. The Balaban J connectivity index is 1.78. The van der Waals surface area contributed by atoms with Gasteiger partial charge in [-0.1, -0.05) is 25.7 Å². The van der Waals surface area contributed by atoms with Crippen molar-refractivity contribution in [3.8, 4) is 0 Å². The molecule has 1 saturated heterocycles. The first-order chi connectivity index (χ1) is 8.27. The first-order valence-corrected chi connectivity index (χ1v) is 7.31. The lowest BCUT2D eigenvalue weighted by Crippen LogP contribution is -2.46. The van der Waals surface area contributed by atoms with Gasteiger partial charge in [-0.3, -0.25) is 4.79 Å². The molecule has 0 radical (unpaired) electrons. The zero-order chi connectivity index (χ0) is 12.1. The minimum atomic E-state index is 0.0724. The Hall–Kier alpha value is -0.570. The average molecular weight is 238 g/mol. The van der Waals surface area contributed by atoms with Crippen LogP contribution >= 0.6 is 0 Å². The van der Waals surface area contributed by atoms with E-state index in [4.69, 9.17) is 0 Å². The molecule has 0 aromatic heterocycles. The van der Waals surface area contributed by atoms with E-state index in [1.165, 1.54) is 38.5 Å². The molecule has 2 N–H and O–H groups in total. The molecule has 1 aliphatic heterocycles. The van der Waals surface area contributed by atoms with Crippen molar-refractivity contribution in [2.45, 2.75) is 70.4 Å². The summed E-state index contributed by atoms with van der Waals surface area (Å²) in [5, 5.41) is 6.48. The van der Waals surface area contributed by atoms with Gasteiger partial charge in [0.25, 0.3) is 0 Å². The first-order valence-electron chi connectivity index (χ1n) is 7.31. The molecule has 2 rings (SSSR count). The molecule has 0 bridgehead atoms. The van der Waals surface area contributed by atoms with Gasteiger partial charge >= 0.3 is 0 Å². The lowest BCUT2D eigenvalue weighted by atomic mass is 9.93. The number of nitrogens with one attached hydrogen (secondary N) is 2. The highest BCUT2D eigenvalue weighted by Gasteiger charge is 2.26. The molecule has 1 heterocycles. The normalized spacial score (nSPS) is 28.6. The second kappa shape index (κ2) is 6.39. The topological polar surface area (TPSA) is 41.1 Å². The molecule has 17 heavy (non-hydrogen) atoms. The molecule has 1 aliphatic carbocycles. The maximum atomic E-state index is 12.0. The largest absolute Gasteiger partial charge is 0.352 e. The average Bonchev–Trinajstić information content (AvgIpc) is 2.71. The van der Waals surface area contributed by atoms with Crippen LogP contribution < -0.4 is 10.6 Å².